The van der Waals surface area contributed by atoms with E-state index >= 15 is 0 Å². The van der Waals surface area contributed by atoms with Crippen LogP contribution < -0.4 is 5.32 Å². The van der Waals surface area contributed by atoms with E-state index in [2.05, 4.69) is 30.8 Å². The number of carbonyl (C=O) groups excluding carboxylic acids is 1. The van der Waals surface area contributed by atoms with E-state index in [1.165, 1.54) is 7.11 Å². The first-order chi connectivity index (χ1) is 6.92. The molecular formula is C11H22N2O2. The van der Waals surface area contributed by atoms with Crippen molar-refractivity contribution in [1.82, 2.24) is 10.2 Å². The van der Waals surface area contributed by atoms with Gasteiger partial charge in [-0.3, -0.25) is 0 Å². The molecule has 1 N–H and O–H groups in total. The highest BCUT2D eigenvalue weighted by Gasteiger charge is 2.27. The number of nitrogens with one attached hydrogen (secondary N) is 1. The van der Waals surface area contributed by atoms with Crippen LogP contribution >= 0.6 is 0 Å². The minimum Gasteiger partial charge on any atom is -0.453 e. The van der Waals surface area contributed by atoms with Crippen LogP contribution in [-0.2, 0) is 4.74 Å². The van der Waals surface area contributed by atoms with E-state index in [4.69, 9.17) is 0 Å². The molecule has 1 fully saturated rings. The summed E-state index contributed by atoms with van der Waals surface area (Å²) in [6.45, 7) is 9.15. The fraction of sp³-hybridized carbons (Fsp3) is 0.909. The first-order valence-electron chi connectivity index (χ1n) is 5.48. The molecule has 0 spiro atoms. The third kappa shape index (κ3) is 4.08. The van der Waals surface area contributed by atoms with Gasteiger partial charge in [-0.15, -0.1) is 0 Å². The molecular weight excluding hydrogens is 192 g/mol. The number of ether oxygens (including phenoxy) is 1. The van der Waals surface area contributed by atoms with Gasteiger partial charge in [-0.05, 0) is 11.8 Å². The Morgan fingerprint density at radius 2 is 2.20 bits per heavy atom. The summed E-state index contributed by atoms with van der Waals surface area (Å²) in [5, 5.41) is 3.48. The number of likely N-dealkylation sites (tertiary alicyclic amines) is 1. The van der Waals surface area contributed by atoms with E-state index in [1.807, 2.05) is 0 Å². The number of carbonyl (C=O) groups is 1. The van der Waals surface area contributed by atoms with Crippen molar-refractivity contribution in [3.05, 3.63) is 0 Å². The van der Waals surface area contributed by atoms with Gasteiger partial charge < -0.3 is 15.0 Å². The predicted octanol–water partition coefficient (Wildman–Crippen LogP) is 1.46. The zero-order chi connectivity index (χ0) is 11.5. The van der Waals surface area contributed by atoms with Crippen molar-refractivity contribution >= 4 is 6.09 Å². The minimum atomic E-state index is -0.213. The monoisotopic (exact) mass is 214 g/mol. The molecule has 1 heterocycles. The fourth-order valence-corrected chi connectivity index (χ4v) is 1.67. The molecule has 0 saturated carbocycles. The Hall–Kier alpha value is -0.770. The molecule has 0 aliphatic carbocycles. The van der Waals surface area contributed by atoms with Crippen molar-refractivity contribution < 1.29 is 9.53 Å². The van der Waals surface area contributed by atoms with E-state index in [-0.39, 0.29) is 6.09 Å². The lowest BCUT2D eigenvalue weighted by atomic mass is 9.96. The summed E-state index contributed by atoms with van der Waals surface area (Å²) < 4.78 is 4.69. The van der Waals surface area contributed by atoms with Crippen molar-refractivity contribution in [2.75, 3.05) is 26.7 Å². The second-order valence-corrected chi connectivity index (χ2v) is 5.34. The van der Waals surface area contributed by atoms with Crippen molar-refractivity contribution in [1.29, 1.82) is 0 Å². The molecule has 0 aromatic rings. The first-order valence-corrected chi connectivity index (χ1v) is 5.48. The summed E-state index contributed by atoms with van der Waals surface area (Å²) in [6.07, 6.45) is 0.806. The third-order valence-electron chi connectivity index (χ3n) is 2.54. The maximum Gasteiger partial charge on any atom is 0.409 e. The summed E-state index contributed by atoms with van der Waals surface area (Å²) in [6, 6.07) is 0.420. The Kier molecular flexibility index (Phi) is 3.97. The molecule has 1 amide bonds. The second kappa shape index (κ2) is 4.84. The van der Waals surface area contributed by atoms with Gasteiger partial charge in [0.2, 0.25) is 0 Å². The lowest BCUT2D eigenvalue weighted by Gasteiger charge is -2.22. The van der Waals surface area contributed by atoms with Crippen LogP contribution in [0.15, 0.2) is 0 Å². The van der Waals surface area contributed by atoms with Gasteiger partial charge >= 0.3 is 6.09 Å². The average Bonchev–Trinajstić information content (AvgIpc) is 2.61. The highest BCUT2D eigenvalue weighted by atomic mass is 16.5. The van der Waals surface area contributed by atoms with Crippen molar-refractivity contribution in [2.24, 2.45) is 5.41 Å². The Balaban J connectivity index is 2.28. The molecule has 1 rings (SSSR count). The maximum atomic E-state index is 11.2. The van der Waals surface area contributed by atoms with Crippen LogP contribution in [0.25, 0.3) is 0 Å². The molecule has 15 heavy (non-hydrogen) atoms. The van der Waals surface area contributed by atoms with Crippen LogP contribution in [0.4, 0.5) is 4.79 Å². The molecule has 4 heteroatoms. The van der Waals surface area contributed by atoms with Crippen LogP contribution in [-0.4, -0.2) is 43.8 Å². The number of hydrogen-bond donors (Lipinski definition) is 1. The Labute approximate surface area is 92.0 Å². The summed E-state index contributed by atoms with van der Waals surface area (Å²) in [5.74, 6) is 0. The standard InChI is InChI=1S/C11H22N2O2/c1-11(2,3)8-12-9-5-6-13(7-9)10(14)15-4/h9,12H,5-8H2,1-4H3. The number of hydrogen-bond acceptors (Lipinski definition) is 3. The van der Waals surface area contributed by atoms with Gasteiger partial charge in [-0.1, -0.05) is 20.8 Å². The molecule has 1 aliphatic rings. The topological polar surface area (TPSA) is 41.6 Å². The van der Waals surface area contributed by atoms with E-state index in [0.29, 0.717) is 11.5 Å². The van der Waals surface area contributed by atoms with Gasteiger partial charge in [0.05, 0.1) is 7.11 Å². The predicted molar refractivity (Wildman–Crippen MR) is 59.8 cm³/mol. The quantitative estimate of drug-likeness (QED) is 0.756. The molecule has 88 valence electrons. The van der Waals surface area contributed by atoms with Crippen molar-refractivity contribution in [3.8, 4) is 0 Å². The van der Waals surface area contributed by atoms with Crippen molar-refractivity contribution in [2.45, 2.75) is 33.2 Å². The maximum absolute atomic E-state index is 11.2. The molecule has 1 atom stereocenters. The highest BCUT2D eigenvalue weighted by Crippen LogP contribution is 2.14. The Morgan fingerprint density at radius 1 is 1.53 bits per heavy atom. The molecule has 1 unspecified atom stereocenters. The third-order valence-corrected chi connectivity index (χ3v) is 2.54. The Bertz CT molecular complexity index is 223. The fourth-order valence-electron chi connectivity index (χ4n) is 1.67. The second-order valence-electron chi connectivity index (χ2n) is 5.34. The molecule has 0 bridgehead atoms. The van der Waals surface area contributed by atoms with Gasteiger partial charge in [0.25, 0.3) is 0 Å². The highest BCUT2D eigenvalue weighted by molar-refractivity contribution is 5.67. The Morgan fingerprint density at radius 3 is 2.73 bits per heavy atom. The van der Waals surface area contributed by atoms with E-state index < -0.39 is 0 Å². The normalized spacial score (nSPS) is 21.9. The molecule has 4 nitrogen and oxygen atoms in total. The molecule has 0 aromatic carbocycles. The summed E-state index contributed by atoms with van der Waals surface area (Å²) in [7, 11) is 1.43. The molecule has 1 aliphatic heterocycles. The van der Waals surface area contributed by atoms with E-state index in [1.54, 1.807) is 4.90 Å². The summed E-state index contributed by atoms with van der Waals surface area (Å²) in [5.41, 5.74) is 0.290. The first kappa shape index (κ1) is 12.3. The zero-order valence-electron chi connectivity index (χ0n) is 10.2. The minimum absolute atomic E-state index is 0.213. The van der Waals surface area contributed by atoms with Gasteiger partial charge in [-0.25, -0.2) is 4.79 Å². The average molecular weight is 214 g/mol. The molecule has 0 radical (unpaired) electrons. The lowest BCUT2D eigenvalue weighted by molar-refractivity contribution is 0.132. The molecule has 1 saturated heterocycles. The van der Waals surface area contributed by atoms with Crippen LogP contribution in [0.1, 0.15) is 27.2 Å². The number of methoxy groups -OCH3 is 1. The van der Waals surface area contributed by atoms with Gasteiger partial charge in [0.15, 0.2) is 0 Å². The largest absolute Gasteiger partial charge is 0.453 e. The van der Waals surface area contributed by atoms with Crippen LogP contribution in [0, 0.1) is 5.41 Å². The summed E-state index contributed by atoms with van der Waals surface area (Å²) >= 11 is 0. The van der Waals surface area contributed by atoms with Crippen LogP contribution in [0.5, 0.6) is 0 Å². The van der Waals surface area contributed by atoms with Gasteiger partial charge in [0, 0.05) is 25.7 Å². The molecule has 0 aromatic heterocycles. The SMILES string of the molecule is COC(=O)N1CCC(NCC(C)(C)C)C1. The lowest BCUT2D eigenvalue weighted by Crippen LogP contribution is -2.38. The summed E-state index contributed by atoms with van der Waals surface area (Å²) in [4.78, 5) is 13.0. The smallest absolute Gasteiger partial charge is 0.409 e. The number of nitrogens with zero attached hydrogens (tertiary/aromatic N) is 1. The zero-order valence-corrected chi connectivity index (χ0v) is 10.2. The van der Waals surface area contributed by atoms with E-state index in [9.17, 15) is 4.79 Å². The van der Waals surface area contributed by atoms with E-state index in [0.717, 1.165) is 26.1 Å². The van der Waals surface area contributed by atoms with Crippen LogP contribution in [0.3, 0.4) is 0 Å². The number of amides is 1. The van der Waals surface area contributed by atoms with Crippen LogP contribution in [0.2, 0.25) is 0 Å². The number of rotatable bonds is 2. The van der Waals surface area contributed by atoms with Gasteiger partial charge in [0.1, 0.15) is 0 Å². The van der Waals surface area contributed by atoms with Crippen molar-refractivity contribution in [3.63, 3.8) is 0 Å². The van der Waals surface area contributed by atoms with Gasteiger partial charge in [-0.2, -0.15) is 0 Å².